The Labute approximate surface area is 126 Å². The van der Waals surface area contributed by atoms with Gasteiger partial charge in [0.1, 0.15) is 5.01 Å². The normalized spacial score (nSPS) is 11.2. The summed E-state index contributed by atoms with van der Waals surface area (Å²) in [6.07, 6.45) is 2.26. The van der Waals surface area contributed by atoms with E-state index in [0.717, 1.165) is 34.1 Å². The molecule has 0 aliphatic rings. The summed E-state index contributed by atoms with van der Waals surface area (Å²) >= 11 is 3.07. The number of carboxylic acid groups (broad SMARTS) is 1. The summed E-state index contributed by atoms with van der Waals surface area (Å²) in [5.41, 5.74) is 0.196. The number of thiazole rings is 1. The van der Waals surface area contributed by atoms with Crippen LogP contribution in [0.15, 0.2) is 17.5 Å². The second-order valence-corrected chi connectivity index (χ2v) is 6.70. The summed E-state index contributed by atoms with van der Waals surface area (Å²) in [5, 5.41) is 12.1. The number of nitrogens with zero attached hydrogens (tertiary/aromatic N) is 2. The van der Waals surface area contributed by atoms with Gasteiger partial charge >= 0.3 is 5.97 Å². The smallest absolute Gasteiger partial charge is 0.355 e. The third-order valence-corrected chi connectivity index (χ3v) is 5.02. The highest BCUT2D eigenvalue weighted by atomic mass is 32.1. The van der Waals surface area contributed by atoms with Crippen molar-refractivity contribution in [1.29, 1.82) is 0 Å². The van der Waals surface area contributed by atoms with Crippen molar-refractivity contribution in [3.8, 4) is 9.88 Å². The number of aromatic carboxylic acids is 1. The molecule has 2 aromatic heterocycles. The summed E-state index contributed by atoms with van der Waals surface area (Å²) < 4.78 is 0. The van der Waals surface area contributed by atoms with Gasteiger partial charge in [-0.25, -0.2) is 9.78 Å². The second-order valence-electron chi connectivity index (χ2n) is 4.66. The lowest BCUT2D eigenvalue weighted by Crippen LogP contribution is -2.19. The summed E-state index contributed by atoms with van der Waals surface area (Å²) in [7, 11) is 2.02. The van der Waals surface area contributed by atoms with E-state index in [1.807, 2.05) is 24.6 Å². The topological polar surface area (TPSA) is 53.4 Å². The number of hydrogen-bond donors (Lipinski definition) is 1. The molecule has 4 nitrogen and oxygen atoms in total. The quantitative estimate of drug-likeness (QED) is 0.845. The Hall–Kier alpha value is -1.24. The molecule has 0 saturated heterocycles. The van der Waals surface area contributed by atoms with Crippen LogP contribution in [0.5, 0.6) is 0 Å². The van der Waals surface area contributed by atoms with Gasteiger partial charge in [-0.2, -0.15) is 0 Å². The highest BCUT2D eigenvalue weighted by Gasteiger charge is 2.19. The summed E-state index contributed by atoms with van der Waals surface area (Å²) in [4.78, 5) is 19.6. The molecule has 0 unspecified atom stereocenters. The van der Waals surface area contributed by atoms with E-state index < -0.39 is 5.97 Å². The third kappa shape index (κ3) is 3.65. The van der Waals surface area contributed by atoms with Gasteiger partial charge in [0.05, 0.1) is 9.75 Å². The van der Waals surface area contributed by atoms with Gasteiger partial charge in [0.15, 0.2) is 5.69 Å². The minimum absolute atomic E-state index is 0.196. The van der Waals surface area contributed by atoms with Gasteiger partial charge in [-0.3, -0.25) is 0 Å². The number of aromatic nitrogens is 1. The number of carboxylic acids is 1. The average molecular weight is 310 g/mol. The fraction of sp³-hybridized carbons (Fsp3) is 0.429. The lowest BCUT2D eigenvalue weighted by atomic mass is 10.3. The maximum Gasteiger partial charge on any atom is 0.355 e. The van der Waals surface area contributed by atoms with Gasteiger partial charge in [-0.1, -0.05) is 19.4 Å². The van der Waals surface area contributed by atoms with Gasteiger partial charge in [-0.05, 0) is 31.5 Å². The van der Waals surface area contributed by atoms with E-state index >= 15 is 0 Å². The predicted molar refractivity (Wildman–Crippen MR) is 83.6 cm³/mol. The number of rotatable bonds is 7. The molecule has 0 saturated carbocycles. The molecule has 0 fully saturated rings. The molecule has 2 aromatic rings. The van der Waals surface area contributed by atoms with Crippen molar-refractivity contribution in [2.45, 2.75) is 26.3 Å². The Morgan fingerprint density at radius 3 is 2.90 bits per heavy atom. The molecule has 0 bridgehead atoms. The van der Waals surface area contributed by atoms with Gasteiger partial charge in [0, 0.05) is 6.54 Å². The molecule has 0 spiro atoms. The van der Waals surface area contributed by atoms with Crippen LogP contribution in [-0.4, -0.2) is 34.6 Å². The van der Waals surface area contributed by atoms with E-state index in [2.05, 4.69) is 16.8 Å². The van der Waals surface area contributed by atoms with E-state index in [4.69, 9.17) is 0 Å². The molecule has 6 heteroatoms. The van der Waals surface area contributed by atoms with Crippen LogP contribution in [0.1, 0.15) is 35.1 Å². The van der Waals surface area contributed by atoms with Gasteiger partial charge in [-0.15, -0.1) is 22.7 Å². The maximum absolute atomic E-state index is 11.3. The Morgan fingerprint density at radius 2 is 2.30 bits per heavy atom. The Kier molecular flexibility index (Phi) is 5.28. The molecular weight excluding hydrogens is 292 g/mol. The Bertz CT molecular complexity index is 564. The van der Waals surface area contributed by atoms with Gasteiger partial charge in [0.2, 0.25) is 0 Å². The lowest BCUT2D eigenvalue weighted by Gasteiger charge is -2.14. The molecular formula is C14H18N2O2S2. The number of carbonyl (C=O) groups is 1. The zero-order valence-corrected chi connectivity index (χ0v) is 13.3. The van der Waals surface area contributed by atoms with E-state index in [9.17, 15) is 9.90 Å². The standard InChI is InChI=1S/C14H18N2O2S2/c1-3-4-7-16(2)9-11-12(14(17)18)15-13(20-11)10-6-5-8-19-10/h5-6,8H,3-4,7,9H2,1-2H3,(H,17,18). The van der Waals surface area contributed by atoms with E-state index in [-0.39, 0.29) is 5.69 Å². The van der Waals surface area contributed by atoms with Crippen LogP contribution >= 0.6 is 22.7 Å². The van der Waals surface area contributed by atoms with Crippen molar-refractivity contribution in [3.05, 3.63) is 28.1 Å². The van der Waals surface area contributed by atoms with Gasteiger partial charge in [0.25, 0.3) is 0 Å². The Balaban J connectivity index is 2.20. The van der Waals surface area contributed by atoms with Crippen LogP contribution in [0.4, 0.5) is 0 Å². The Morgan fingerprint density at radius 1 is 1.50 bits per heavy atom. The minimum Gasteiger partial charge on any atom is -0.476 e. The highest BCUT2D eigenvalue weighted by molar-refractivity contribution is 7.21. The molecule has 0 amide bonds. The van der Waals surface area contributed by atoms with Crippen molar-refractivity contribution in [1.82, 2.24) is 9.88 Å². The molecule has 1 N–H and O–H groups in total. The monoisotopic (exact) mass is 310 g/mol. The first-order valence-corrected chi connectivity index (χ1v) is 8.26. The molecule has 2 rings (SSSR count). The van der Waals surface area contributed by atoms with Crippen LogP contribution in [-0.2, 0) is 6.54 Å². The number of unbranched alkanes of at least 4 members (excludes halogenated alkanes) is 1. The van der Waals surface area contributed by atoms with Crippen molar-refractivity contribution >= 4 is 28.6 Å². The maximum atomic E-state index is 11.3. The van der Waals surface area contributed by atoms with Gasteiger partial charge < -0.3 is 10.0 Å². The number of hydrogen-bond acceptors (Lipinski definition) is 5. The van der Waals surface area contributed by atoms with E-state index in [1.54, 1.807) is 11.3 Å². The molecule has 108 valence electrons. The highest BCUT2D eigenvalue weighted by Crippen LogP contribution is 2.31. The molecule has 0 atom stereocenters. The molecule has 20 heavy (non-hydrogen) atoms. The summed E-state index contributed by atoms with van der Waals surface area (Å²) in [6, 6.07) is 3.93. The first-order valence-electron chi connectivity index (χ1n) is 6.57. The third-order valence-electron chi connectivity index (χ3n) is 2.94. The first kappa shape index (κ1) is 15.2. The van der Waals surface area contributed by atoms with E-state index in [0.29, 0.717) is 6.54 Å². The van der Waals surface area contributed by atoms with Crippen molar-refractivity contribution in [2.24, 2.45) is 0 Å². The predicted octanol–water partition coefficient (Wildman–Crippen LogP) is 3.80. The lowest BCUT2D eigenvalue weighted by molar-refractivity contribution is 0.0689. The molecule has 2 heterocycles. The van der Waals surface area contributed by atoms with Crippen molar-refractivity contribution in [3.63, 3.8) is 0 Å². The van der Waals surface area contributed by atoms with Crippen LogP contribution in [0.25, 0.3) is 9.88 Å². The van der Waals surface area contributed by atoms with Crippen LogP contribution in [0, 0.1) is 0 Å². The van der Waals surface area contributed by atoms with Crippen molar-refractivity contribution in [2.75, 3.05) is 13.6 Å². The zero-order valence-electron chi connectivity index (χ0n) is 11.6. The summed E-state index contributed by atoms with van der Waals surface area (Å²) in [5.74, 6) is -0.942. The molecule has 0 aromatic carbocycles. The number of thiophene rings is 1. The van der Waals surface area contributed by atoms with Crippen LogP contribution in [0.3, 0.4) is 0 Å². The zero-order chi connectivity index (χ0) is 14.5. The average Bonchev–Trinajstić information content (AvgIpc) is 3.04. The molecule has 0 radical (unpaired) electrons. The minimum atomic E-state index is -0.942. The van der Waals surface area contributed by atoms with Crippen LogP contribution in [0.2, 0.25) is 0 Å². The second kappa shape index (κ2) is 6.97. The van der Waals surface area contributed by atoms with Crippen LogP contribution < -0.4 is 0 Å². The largest absolute Gasteiger partial charge is 0.476 e. The fourth-order valence-corrected chi connectivity index (χ4v) is 3.81. The molecule has 0 aliphatic heterocycles. The van der Waals surface area contributed by atoms with E-state index in [1.165, 1.54) is 11.3 Å². The SMILES string of the molecule is CCCCN(C)Cc1sc(-c2cccs2)nc1C(=O)O. The fourth-order valence-electron chi connectivity index (χ4n) is 1.88. The first-order chi connectivity index (χ1) is 9.61. The molecule has 0 aliphatic carbocycles. The van der Waals surface area contributed by atoms with Crippen molar-refractivity contribution < 1.29 is 9.90 Å². The summed E-state index contributed by atoms with van der Waals surface area (Å²) in [6.45, 7) is 3.77.